The molecule has 0 radical (unpaired) electrons. The zero-order valence-electron chi connectivity index (χ0n) is 6.90. The molecular weight excluding hydrogens is 197 g/mol. The zero-order valence-corrected chi connectivity index (χ0v) is 7.71. The predicted molar refractivity (Wildman–Crippen MR) is 43.8 cm³/mol. The van der Waals surface area contributed by atoms with Crippen LogP contribution in [0, 0.1) is 5.82 Å². The number of halogens is 1. The van der Waals surface area contributed by atoms with E-state index in [1.165, 1.54) is 12.1 Å². The lowest BCUT2D eigenvalue weighted by Crippen LogP contribution is -2.03. The van der Waals surface area contributed by atoms with Crippen LogP contribution in [0.4, 0.5) is 4.39 Å². The van der Waals surface area contributed by atoms with Crippen molar-refractivity contribution in [1.82, 2.24) is 4.98 Å². The van der Waals surface area contributed by atoms with Gasteiger partial charge in [-0.2, -0.15) is 8.42 Å². The van der Waals surface area contributed by atoms with Gasteiger partial charge in [0.25, 0.3) is 10.1 Å². The molecular formula is C7H8FNO3S. The van der Waals surface area contributed by atoms with Gasteiger partial charge in [0.2, 0.25) is 0 Å². The third-order valence-corrected chi connectivity index (χ3v) is 1.76. The normalized spacial score (nSPS) is 11.5. The summed E-state index contributed by atoms with van der Waals surface area (Å²) in [6.45, 7) is -0.168. The SMILES string of the molecule is CS(=O)(=O)OCc1ccc(F)cn1. The minimum Gasteiger partial charge on any atom is -0.264 e. The molecule has 0 aliphatic heterocycles. The van der Waals surface area contributed by atoms with E-state index < -0.39 is 15.9 Å². The van der Waals surface area contributed by atoms with Crippen LogP contribution < -0.4 is 0 Å². The lowest BCUT2D eigenvalue weighted by molar-refractivity contribution is 0.307. The molecule has 1 aromatic heterocycles. The maximum atomic E-state index is 12.3. The second kappa shape index (κ2) is 3.80. The second-order valence-electron chi connectivity index (χ2n) is 2.43. The van der Waals surface area contributed by atoms with E-state index in [4.69, 9.17) is 0 Å². The smallest absolute Gasteiger partial charge is 0.264 e. The van der Waals surface area contributed by atoms with E-state index in [0.717, 1.165) is 12.5 Å². The molecule has 0 amide bonds. The molecule has 0 aliphatic rings. The third kappa shape index (κ3) is 3.95. The van der Waals surface area contributed by atoms with Gasteiger partial charge in [0.05, 0.1) is 18.1 Å². The minimum absolute atomic E-state index is 0.168. The van der Waals surface area contributed by atoms with E-state index in [1.54, 1.807) is 0 Å². The van der Waals surface area contributed by atoms with Crippen LogP contribution in [-0.4, -0.2) is 19.7 Å². The van der Waals surface area contributed by atoms with Crippen LogP contribution in [0.3, 0.4) is 0 Å². The summed E-state index contributed by atoms with van der Waals surface area (Å²) in [6, 6.07) is 2.55. The van der Waals surface area contributed by atoms with Gasteiger partial charge in [-0.15, -0.1) is 0 Å². The molecule has 0 spiro atoms. The number of rotatable bonds is 3. The minimum atomic E-state index is -3.47. The van der Waals surface area contributed by atoms with Crippen LogP contribution in [0.1, 0.15) is 5.69 Å². The first-order valence-corrected chi connectivity index (χ1v) is 5.24. The fourth-order valence-electron chi connectivity index (χ4n) is 0.659. The highest BCUT2D eigenvalue weighted by molar-refractivity contribution is 7.85. The van der Waals surface area contributed by atoms with Crippen molar-refractivity contribution in [2.24, 2.45) is 0 Å². The number of nitrogens with zero attached hydrogens (tertiary/aromatic N) is 1. The average Bonchev–Trinajstić information content (AvgIpc) is 2.02. The summed E-state index contributed by atoms with van der Waals surface area (Å²) < 4.78 is 37.9. The Morgan fingerprint density at radius 1 is 1.54 bits per heavy atom. The zero-order chi connectivity index (χ0) is 9.90. The highest BCUT2D eigenvalue weighted by Gasteiger charge is 2.03. The molecule has 72 valence electrons. The molecule has 0 atom stereocenters. The van der Waals surface area contributed by atoms with Crippen LogP contribution in [-0.2, 0) is 20.9 Å². The lowest BCUT2D eigenvalue weighted by atomic mass is 10.4. The Labute approximate surface area is 75.5 Å². The summed E-state index contributed by atoms with van der Waals surface area (Å²) in [6.07, 6.45) is 1.94. The second-order valence-corrected chi connectivity index (χ2v) is 4.08. The van der Waals surface area contributed by atoms with Crippen LogP contribution >= 0.6 is 0 Å². The first-order chi connectivity index (χ1) is 5.97. The van der Waals surface area contributed by atoms with Crippen molar-refractivity contribution in [2.45, 2.75) is 6.61 Å². The lowest BCUT2D eigenvalue weighted by Gasteiger charge is -1.99. The number of hydrogen-bond acceptors (Lipinski definition) is 4. The Hall–Kier alpha value is -1.01. The highest BCUT2D eigenvalue weighted by atomic mass is 32.2. The number of pyridine rings is 1. The predicted octanol–water partition coefficient (Wildman–Crippen LogP) is 0.697. The number of hydrogen-bond donors (Lipinski definition) is 0. The van der Waals surface area contributed by atoms with Gasteiger partial charge in [-0.25, -0.2) is 4.39 Å². The van der Waals surface area contributed by atoms with Crippen molar-refractivity contribution >= 4 is 10.1 Å². The van der Waals surface area contributed by atoms with Crippen molar-refractivity contribution < 1.29 is 17.0 Å². The van der Waals surface area contributed by atoms with Crippen molar-refractivity contribution in [3.05, 3.63) is 29.8 Å². The van der Waals surface area contributed by atoms with Crippen molar-refractivity contribution in [2.75, 3.05) is 6.26 Å². The molecule has 0 fully saturated rings. The van der Waals surface area contributed by atoms with Crippen LogP contribution in [0.15, 0.2) is 18.3 Å². The fourth-order valence-corrected chi connectivity index (χ4v) is 0.994. The Kier molecular flexibility index (Phi) is 2.94. The summed E-state index contributed by atoms with van der Waals surface area (Å²) in [4.78, 5) is 3.62. The Morgan fingerprint density at radius 3 is 2.69 bits per heavy atom. The van der Waals surface area contributed by atoms with Crippen LogP contribution in [0.25, 0.3) is 0 Å². The van der Waals surface area contributed by atoms with Gasteiger partial charge in [-0.3, -0.25) is 9.17 Å². The molecule has 1 rings (SSSR count). The molecule has 13 heavy (non-hydrogen) atoms. The molecule has 6 heteroatoms. The molecule has 0 saturated carbocycles. The first kappa shape index (κ1) is 10.1. The maximum absolute atomic E-state index is 12.3. The first-order valence-electron chi connectivity index (χ1n) is 3.42. The highest BCUT2D eigenvalue weighted by Crippen LogP contribution is 2.01. The van der Waals surface area contributed by atoms with Crippen LogP contribution in [0.5, 0.6) is 0 Å². The molecule has 4 nitrogen and oxygen atoms in total. The Bertz CT molecular complexity index is 373. The molecule has 1 aromatic rings. The van der Waals surface area contributed by atoms with Crippen molar-refractivity contribution in [3.8, 4) is 0 Å². The standard InChI is InChI=1S/C7H8FNO3S/c1-13(10,11)12-5-7-3-2-6(8)4-9-7/h2-4H,5H2,1H3. The molecule has 0 N–H and O–H groups in total. The molecule has 1 heterocycles. The van der Waals surface area contributed by atoms with Gasteiger partial charge in [0.1, 0.15) is 12.4 Å². The van der Waals surface area contributed by atoms with Gasteiger partial charge in [-0.05, 0) is 12.1 Å². The topological polar surface area (TPSA) is 56.3 Å². The summed E-state index contributed by atoms with van der Waals surface area (Å²) >= 11 is 0. The third-order valence-electron chi connectivity index (χ3n) is 1.21. The van der Waals surface area contributed by atoms with Crippen molar-refractivity contribution in [1.29, 1.82) is 0 Å². The monoisotopic (exact) mass is 205 g/mol. The Morgan fingerprint density at radius 2 is 2.23 bits per heavy atom. The summed E-state index contributed by atoms with van der Waals surface area (Å²) in [5.74, 6) is -0.469. The molecule has 0 saturated heterocycles. The molecule has 0 aromatic carbocycles. The van der Waals surface area contributed by atoms with E-state index in [1.807, 2.05) is 0 Å². The van der Waals surface area contributed by atoms with E-state index in [0.29, 0.717) is 5.69 Å². The van der Waals surface area contributed by atoms with Crippen molar-refractivity contribution in [3.63, 3.8) is 0 Å². The van der Waals surface area contributed by atoms with E-state index in [-0.39, 0.29) is 6.61 Å². The summed E-state index contributed by atoms with van der Waals surface area (Å²) in [7, 11) is -3.47. The van der Waals surface area contributed by atoms with Gasteiger partial charge in [0.15, 0.2) is 0 Å². The van der Waals surface area contributed by atoms with E-state index >= 15 is 0 Å². The fraction of sp³-hybridized carbons (Fsp3) is 0.286. The van der Waals surface area contributed by atoms with Gasteiger partial charge in [-0.1, -0.05) is 0 Å². The maximum Gasteiger partial charge on any atom is 0.264 e. The van der Waals surface area contributed by atoms with E-state index in [9.17, 15) is 12.8 Å². The van der Waals surface area contributed by atoms with Crippen LogP contribution in [0.2, 0.25) is 0 Å². The largest absolute Gasteiger partial charge is 0.264 e. The quantitative estimate of drug-likeness (QED) is 0.681. The van der Waals surface area contributed by atoms with Gasteiger partial charge < -0.3 is 0 Å². The average molecular weight is 205 g/mol. The van der Waals surface area contributed by atoms with Gasteiger partial charge >= 0.3 is 0 Å². The molecule has 0 aliphatic carbocycles. The molecule has 0 bridgehead atoms. The Balaban J connectivity index is 2.61. The van der Waals surface area contributed by atoms with Gasteiger partial charge in [0, 0.05) is 0 Å². The molecule has 0 unspecified atom stereocenters. The van der Waals surface area contributed by atoms with E-state index in [2.05, 4.69) is 9.17 Å². The summed E-state index contributed by atoms with van der Waals surface area (Å²) in [5.41, 5.74) is 0.367. The summed E-state index contributed by atoms with van der Waals surface area (Å²) in [5, 5.41) is 0. The number of aromatic nitrogens is 1.